The van der Waals surface area contributed by atoms with Crippen molar-refractivity contribution in [2.24, 2.45) is 0 Å². The number of ether oxygens (including phenoxy) is 1. The van der Waals surface area contributed by atoms with Crippen LogP contribution in [0.4, 0.5) is 5.69 Å². The Morgan fingerprint density at radius 1 is 1.17 bits per heavy atom. The molecule has 1 amide bonds. The molecule has 5 heteroatoms. The van der Waals surface area contributed by atoms with Crippen molar-refractivity contribution >= 4 is 23.2 Å². The lowest BCUT2D eigenvalue weighted by Gasteiger charge is -2.11. The second-order valence-electron chi connectivity index (χ2n) is 5.28. The topological polar surface area (TPSA) is 50.4 Å². The molecule has 23 heavy (non-hydrogen) atoms. The fraction of sp³-hybridized carbons (Fsp3) is 0.278. The number of methoxy groups -OCH3 is 1. The summed E-state index contributed by atoms with van der Waals surface area (Å²) in [6.07, 6.45) is 0.377. The maximum absolute atomic E-state index is 11.9. The second-order valence-corrected chi connectivity index (χ2v) is 5.72. The van der Waals surface area contributed by atoms with E-state index in [9.17, 15) is 4.79 Å². The standard InChI is InChI=1S/C18H21ClN2O2/c1-13-3-5-14(6-4-13)12-21-18(22)9-10-20-16-11-15(19)7-8-17(16)23-2/h3-8,11,20H,9-10,12H2,1-2H3,(H,21,22). The molecule has 0 heterocycles. The van der Waals surface area contributed by atoms with Gasteiger partial charge >= 0.3 is 0 Å². The fourth-order valence-electron chi connectivity index (χ4n) is 2.12. The molecule has 0 aromatic heterocycles. The molecule has 0 fully saturated rings. The molecule has 0 saturated carbocycles. The van der Waals surface area contributed by atoms with Gasteiger partial charge in [-0.15, -0.1) is 0 Å². The van der Waals surface area contributed by atoms with Crippen LogP contribution in [-0.4, -0.2) is 19.6 Å². The van der Waals surface area contributed by atoms with Gasteiger partial charge in [0.05, 0.1) is 12.8 Å². The average Bonchev–Trinajstić information content (AvgIpc) is 2.54. The lowest BCUT2D eigenvalue weighted by molar-refractivity contribution is -0.121. The van der Waals surface area contributed by atoms with Crippen LogP contribution < -0.4 is 15.4 Å². The van der Waals surface area contributed by atoms with E-state index < -0.39 is 0 Å². The van der Waals surface area contributed by atoms with Crippen LogP contribution in [0.5, 0.6) is 5.75 Å². The van der Waals surface area contributed by atoms with Crippen LogP contribution >= 0.6 is 11.6 Å². The summed E-state index contributed by atoms with van der Waals surface area (Å²) in [5, 5.41) is 6.70. The zero-order valence-corrected chi connectivity index (χ0v) is 14.1. The number of anilines is 1. The van der Waals surface area contributed by atoms with Crippen molar-refractivity contribution in [2.45, 2.75) is 19.9 Å². The zero-order valence-electron chi connectivity index (χ0n) is 13.4. The van der Waals surface area contributed by atoms with Crippen LogP contribution in [0.3, 0.4) is 0 Å². The molecule has 2 N–H and O–H groups in total. The number of carbonyl (C=O) groups excluding carboxylic acids is 1. The predicted octanol–water partition coefficient (Wildman–Crippen LogP) is 3.78. The van der Waals surface area contributed by atoms with Crippen molar-refractivity contribution in [3.63, 3.8) is 0 Å². The number of hydrogen-bond donors (Lipinski definition) is 2. The van der Waals surface area contributed by atoms with Gasteiger partial charge in [-0.05, 0) is 30.7 Å². The van der Waals surface area contributed by atoms with E-state index in [4.69, 9.17) is 16.3 Å². The minimum atomic E-state index is -0.000861. The van der Waals surface area contributed by atoms with E-state index in [1.807, 2.05) is 31.2 Å². The van der Waals surface area contributed by atoms with Gasteiger partial charge in [0, 0.05) is 24.5 Å². The van der Waals surface area contributed by atoms with Crippen molar-refractivity contribution in [1.29, 1.82) is 0 Å². The maximum Gasteiger partial charge on any atom is 0.222 e. The van der Waals surface area contributed by atoms with Gasteiger partial charge in [0.15, 0.2) is 0 Å². The normalized spacial score (nSPS) is 10.2. The highest BCUT2D eigenvalue weighted by Crippen LogP contribution is 2.27. The van der Waals surface area contributed by atoms with E-state index in [1.165, 1.54) is 5.56 Å². The van der Waals surface area contributed by atoms with Gasteiger partial charge in [-0.25, -0.2) is 0 Å². The van der Waals surface area contributed by atoms with Gasteiger partial charge < -0.3 is 15.4 Å². The molecular formula is C18H21ClN2O2. The quantitative estimate of drug-likeness (QED) is 0.811. The second kappa shape index (κ2) is 8.44. The Labute approximate surface area is 141 Å². The van der Waals surface area contributed by atoms with Gasteiger partial charge in [0.2, 0.25) is 5.91 Å². The zero-order chi connectivity index (χ0) is 16.7. The monoisotopic (exact) mass is 332 g/mol. The first-order valence-electron chi connectivity index (χ1n) is 7.48. The van der Waals surface area contributed by atoms with E-state index in [0.717, 1.165) is 11.3 Å². The number of carbonyl (C=O) groups is 1. The van der Waals surface area contributed by atoms with Gasteiger partial charge in [-0.3, -0.25) is 4.79 Å². The number of rotatable bonds is 7. The first kappa shape index (κ1) is 17.2. The number of hydrogen-bond acceptors (Lipinski definition) is 3. The Hall–Kier alpha value is -2.20. The molecule has 0 radical (unpaired) electrons. The van der Waals surface area contributed by atoms with Crippen molar-refractivity contribution in [1.82, 2.24) is 5.32 Å². The lowest BCUT2D eigenvalue weighted by atomic mass is 10.1. The summed E-state index contributed by atoms with van der Waals surface area (Å²) in [5.41, 5.74) is 3.08. The summed E-state index contributed by atoms with van der Waals surface area (Å²) in [7, 11) is 1.60. The number of nitrogens with one attached hydrogen (secondary N) is 2. The highest BCUT2D eigenvalue weighted by Gasteiger charge is 2.05. The summed E-state index contributed by atoms with van der Waals surface area (Å²) in [4.78, 5) is 11.9. The number of halogens is 1. The van der Waals surface area contributed by atoms with Crippen molar-refractivity contribution in [3.05, 3.63) is 58.6 Å². The van der Waals surface area contributed by atoms with Gasteiger partial charge in [0.25, 0.3) is 0 Å². The first-order valence-corrected chi connectivity index (χ1v) is 7.86. The van der Waals surface area contributed by atoms with E-state index >= 15 is 0 Å². The summed E-state index contributed by atoms with van der Waals surface area (Å²) in [6, 6.07) is 13.4. The van der Waals surface area contributed by atoms with Crippen LogP contribution in [0.25, 0.3) is 0 Å². The lowest BCUT2D eigenvalue weighted by Crippen LogP contribution is -2.24. The molecule has 0 aliphatic carbocycles. The SMILES string of the molecule is COc1ccc(Cl)cc1NCCC(=O)NCc1ccc(C)cc1. The largest absolute Gasteiger partial charge is 0.495 e. The number of benzene rings is 2. The molecule has 0 saturated heterocycles. The third-order valence-electron chi connectivity index (χ3n) is 3.44. The number of aryl methyl sites for hydroxylation is 1. The molecule has 4 nitrogen and oxygen atoms in total. The fourth-order valence-corrected chi connectivity index (χ4v) is 2.30. The Morgan fingerprint density at radius 2 is 1.91 bits per heavy atom. The number of amides is 1. The molecule has 2 aromatic carbocycles. The van der Waals surface area contributed by atoms with Gasteiger partial charge in [-0.1, -0.05) is 41.4 Å². The van der Waals surface area contributed by atoms with Crippen molar-refractivity contribution < 1.29 is 9.53 Å². The van der Waals surface area contributed by atoms with Gasteiger partial charge in [0.1, 0.15) is 5.75 Å². The third-order valence-corrected chi connectivity index (χ3v) is 3.67. The third kappa shape index (κ3) is 5.49. The maximum atomic E-state index is 11.9. The Balaban J connectivity index is 1.76. The molecule has 0 unspecified atom stereocenters. The van der Waals surface area contributed by atoms with Crippen LogP contribution in [0.1, 0.15) is 17.5 Å². The van der Waals surface area contributed by atoms with Crippen LogP contribution in [0.2, 0.25) is 5.02 Å². The summed E-state index contributed by atoms with van der Waals surface area (Å²) in [6.45, 7) is 3.09. The van der Waals surface area contributed by atoms with E-state index in [1.54, 1.807) is 25.3 Å². The molecule has 2 aromatic rings. The van der Waals surface area contributed by atoms with E-state index in [2.05, 4.69) is 10.6 Å². The smallest absolute Gasteiger partial charge is 0.222 e. The van der Waals surface area contributed by atoms with Crippen molar-refractivity contribution in [2.75, 3.05) is 19.0 Å². The van der Waals surface area contributed by atoms with E-state index in [0.29, 0.717) is 30.3 Å². The molecule has 0 bridgehead atoms. The molecular weight excluding hydrogens is 312 g/mol. The van der Waals surface area contributed by atoms with Crippen molar-refractivity contribution in [3.8, 4) is 5.75 Å². The molecule has 0 aliphatic heterocycles. The summed E-state index contributed by atoms with van der Waals surface area (Å²) < 4.78 is 5.25. The van der Waals surface area contributed by atoms with Crippen LogP contribution in [-0.2, 0) is 11.3 Å². The molecule has 0 spiro atoms. The molecule has 0 aliphatic rings. The Morgan fingerprint density at radius 3 is 2.61 bits per heavy atom. The Bertz CT molecular complexity index is 657. The summed E-state index contributed by atoms with van der Waals surface area (Å²) in [5.74, 6) is 0.702. The highest BCUT2D eigenvalue weighted by atomic mass is 35.5. The molecule has 122 valence electrons. The molecule has 0 atom stereocenters. The Kier molecular flexibility index (Phi) is 6.29. The predicted molar refractivity (Wildman–Crippen MR) is 94.1 cm³/mol. The molecule has 2 rings (SSSR count). The van der Waals surface area contributed by atoms with Crippen LogP contribution in [0.15, 0.2) is 42.5 Å². The van der Waals surface area contributed by atoms with Gasteiger partial charge in [-0.2, -0.15) is 0 Å². The van der Waals surface area contributed by atoms with E-state index in [-0.39, 0.29) is 5.91 Å². The first-order chi connectivity index (χ1) is 11.1. The minimum absolute atomic E-state index is 0.000861. The summed E-state index contributed by atoms with van der Waals surface area (Å²) >= 11 is 5.97. The van der Waals surface area contributed by atoms with Crippen LogP contribution in [0, 0.1) is 6.92 Å². The average molecular weight is 333 g/mol. The highest BCUT2D eigenvalue weighted by molar-refractivity contribution is 6.30. The minimum Gasteiger partial charge on any atom is -0.495 e.